The Morgan fingerprint density at radius 1 is 0.438 bits per heavy atom. The molecule has 0 aliphatic carbocycles. The van der Waals surface area contributed by atoms with Crippen LogP contribution in [0.5, 0.6) is 0 Å². The van der Waals surface area contributed by atoms with Crippen molar-refractivity contribution in [3.63, 3.8) is 0 Å². The predicted octanol–water partition coefficient (Wildman–Crippen LogP) is 14.8. The summed E-state index contributed by atoms with van der Waals surface area (Å²) in [5.74, 6) is -0.366. The van der Waals surface area contributed by atoms with Gasteiger partial charge in [0.05, 0.1) is 22.8 Å². The smallest absolute Gasteiger partial charge is 0.205 e. The van der Waals surface area contributed by atoms with Crippen molar-refractivity contribution in [2.75, 3.05) is 11.5 Å². The Morgan fingerprint density at radius 3 is 1.09 bits per heavy atom. The van der Waals surface area contributed by atoms with Crippen LogP contribution >= 0.6 is 45.9 Å². The van der Waals surface area contributed by atoms with Gasteiger partial charge in [-0.15, -0.1) is 22.7 Å². The molecule has 0 aliphatic rings. The summed E-state index contributed by atoms with van der Waals surface area (Å²) in [7, 11) is 0. The Kier molecular flexibility index (Phi) is 10.7. The normalized spacial score (nSPS) is 11.4. The van der Waals surface area contributed by atoms with Gasteiger partial charge in [-0.3, -0.25) is 9.59 Å². The van der Waals surface area contributed by atoms with Gasteiger partial charge in [0.15, 0.2) is 0 Å². The number of thiophene rings is 2. The average Bonchev–Trinajstić information content (AvgIpc) is 3.84. The fraction of sp³-hybridized carbons (Fsp3) is 0.0370. The van der Waals surface area contributed by atoms with Crippen molar-refractivity contribution in [2.24, 2.45) is 0 Å². The number of ketones is 2. The minimum absolute atomic E-state index is 0.183. The highest BCUT2D eigenvalue weighted by Crippen LogP contribution is 2.44. The number of carbonyl (C=O) groups excluding carboxylic acids is 2. The van der Waals surface area contributed by atoms with Crippen LogP contribution in [0.15, 0.2) is 158 Å². The number of nitrogens with zero attached hydrogens (tertiary/aromatic N) is 2. The van der Waals surface area contributed by atoms with E-state index in [0.717, 1.165) is 77.8 Å². The summed E-state index contributed by atoms with van der Waals surface area (Å²) in [6.07, 6.45) is 0. The number of nitrogens with two attached hydrogens (primary N) is 2. The van der Waals surface area contributed by atoms with E-state index in [1.165, 1.54) is 22.7 Å². The van der Waals surface area contributed by atoms with Crippen LogP contribution in [0.2, 0.25) is 10.0 Å². The molecule has 10 heteroatoms. The first-order valence-electron chi connectivity index (χ1n) is 20.4. The van der Waals surface area contributed by atoms with Gasteiger partial charge in [-0.2, -0.15) is 0 Å². The van der Waals surface area contributed by atoms with Gasteiger partial charge >= 0.3 is 0 Å². The third-order valence-corrected chi connectivity index (χ3v) is 14.1. The van der Waals surface area contributed by atoms with Crippen molar-refractivity contribution in [3.05, 3.63) is 200 Å². The summed E-state index contributed by atoms with van der Waals surface area (Å²) in [5, 5.41) is 2.79. The van der Waals surface area contributed by atoms with Crippen LogP contribution in [0.1, 0.15) is 41.6 Å². The van der Waals surface area contributed by atoms with Crippen molar-refractivity contribution < 1.29 is 9.59 Å². The molecule has 6 aromatic carbocycles. The Morgan fingerprint density at radius 2 is 0.750 bits per heavy atom. The van der Waals surface area contributed by atoms with E-state index in [1.807, 2.05) is 123 Å². The molecule has 10 rings (SSSR count). The van der Waals surface area contributed by atoms with E-state index >= 15 is 0 Å². The highest BCUT2D eigenvalue weighted by atomic mass is 35.5. The summed E-state index contributed by atoms with van der Waals surface area (Å²) in [5.41, 5.74) is 26.7. The summed E-state index contributed by atoms with van der Waals surface area (Å²) in [6, 6.07) is 50.5. The number of aryl methyl sites for hydroxylation is 2. The van der Waals surface area contributed by atoms with Crippen molar-refractivity contribution in [3.8, 4) is 55.9 Å². The molecule has 310 valence electrons. The Balaban J connectivity index is 0.939. The highest BCUT2D eigenvalue weighted by molar-refractivity contribution is 7.22. The van der Waals surface area contributed by atoms with Crippen LogP contribution in [0, 0.1) is 13.8 Å². The SMILES string of the molecule is Cc1ccc(-c2cc(-c3ccc(Cl)cc3)nc3sc(C(=O)c4ccc(-c5ccc(C(=O)c6sc7nc(-c8ccc(Cl)cc8)cc(-c8ccc(C)cc8)c7c6N)cc5)cc4)c(N)c23)cc1. The van der Waals surface area contributed by atoms with Crippen LogP contribution in [-0.2, 0) is 0 Å². The maximum absolute atomic E-state index is 14.2. The molecular weight excluding hydrogens is 872 g/mol. The van der Waals surface area contributed by atoms with Gasteiger partial charge in [-0.05, 0) is 83.6 Å². The zero-order valence-corrected chi connectivity index (χ0v) is 37.6. The fourth-order valence-electron chi connectivity index (χ4n) is 7.93. The molecule has 0 saturated heterocycles. The number of nitrogen functional groups attached to an aromatic ring is 2. The van der Waals surface area contributed by atoms with E-state index < -0.39 is 0 Å². The lowest BCUT2D eigenvalue weighted by Crippen LogP contribution is -2.02. The van der Waals surface area contributed by atoms with E-state index in [2.05, 4.69) is 48.5 Å². The van der Waals surface area contributed by atoms with E-state index in [4.69, 9.17) is 44.6 Å². The number of halogens is 2. The standard InChI is InChI=1S/C54H36Cl2N4O2S2/c1-29-3-7-33(8-4-29)41-27-43(35-19-23-39(55)24-20-35)59-53-45(41)47(57)51(63-53)49(61)37-15-11-31(12-16-37)32-13-17-38(18-14-32)50(62)52-48(58)46-42(34-9-5-30(2)6-10-34)28-44(60-54(46)64-52)36-21-25-40(56)26-22-36/h3-28H,57-58H2,1-2H3. The predicted molar refractivity (Wildman–Crippen MR) is 268 cm³/mol. The van der Waals surface area contributed by atoms with Crippen LogP contribution < -0.4 is 11.5 Å². The molecule has 4 aromatic heterocycles. The molecule has 0 spiro atoms. The minimum Gasteiger partial charge on any atom is -0.397 e. The topological polar surface area (TPSA) is 112 Å². The molecule has 0 atom stereocenters. The van der Waals surface area contributed by atoms with E-state index in [9.17, 15) is 9.59 Å². The fourth-order valence-corrected chi connectivity index (χ4v) is 10.3. The number of rotatable bonds is 9. The maximum Gasteiger partial charge on any atom is 0.205 e. The summed E-state index contributed by atoms with van der Waals surface area (Å²) >= 11 is 15.0. The van der Waals surface area contributed by atoms with Crippen LogP contribution in [0.3, 0.4) is 0 Å². The van der Waals surface area contributed by atoms with Crippen LogP contribution in [0.25, 0.3) is 76.3 Å². The van der Waals surface area contributed by atoms with Gasteiger partial charge in [0.1, 0.15) is 19.4 Å². The second kappa shape index (κ2) is 16.6. The van der Waals surface area contributed by atoms with E-state index in [-0.39, 0.29) is 11.6 Å². The number of aromatic nitrogens is 2. The first-order valence-corrected chi connectivity index (χ1v) is 22.8. The molecule has 0 unspecified atom stereocenters. The van der Waals surface area contributed by atoms with Crippen molar-refractivity contribution >= 4 is 89.2 Å². The van der Waals surface area contributed by atoms with Gasteiger partial charge in [0.25, 0.3) is 0 Å². The number of hydrogen-bond donors (Lipinski definition) is 2. The molecule has 0 aliphatic heterocycles. The molecule has 4 heterocycles. The average molecular weight is 908 g/mol. The quantitative estimate of drug-likeness (QED) is 0.140. The second-order valence-corrected chi connectivity index (χ2v) is 18.6. The molecule has 6 nitrogen and oxygen atoms in total. The summed E-state index contributed by atoms with van der Waals surface area (Å²) < 4.78 is 0. The van der Waals surface area contributed by atoms with Crippen molar-refractivity contribution in [1.29, 1.82) is 0 Å². The van der Waals surface area contributed by atoms with Gasteiger partial charge in [-0.1, -0.05) is 156 Å². The Labute approximate surface area is 387 Å². The molecule has 0 fully saturated rings. The lowest BCUT2D eigenvalue weighted by molar-refractivity contribution is 0.103. The Bertz CT molecular complexity index is 3200. The zero-order chi connectivity index (χ0) is 44.2. The molecule has 10 aromatic rings. The number of hydrogen-bond acceptors (Lipinski definition) is 8. The lowest BCUT2D eigenvalue weighted by atomic mass is 9.97. The van der Waals surface area contributed by atoms with Crippen LogP contribution in [-0.4, -0.2) is 21.5 Å². The minimum atomic E-state index is -0.183. The summed E-state index contributed by atoms with van der Waals surface area (Å²) in [6.45, 7) is 4.09. The van der Waals surface area contributed by atoms with Gasteiger partial charge < -0.3 is 11.5 Å². The number of pyridine rings is 2. The highest BCUT2D eigenvalue weighted by Gasteiger charge is 2.25. The molecular formula is C54H36Cl2N4O2S2. The molecule has 0 saturated carbocycles. The largest absolute Gasteiger partial charge is 0.397 e. The van der Waals surface area contributed by atoms with Gasteiger partial charge in [0, 0.05) is 43.1 Å². The molecule has 64 heavy (non-hydrogen) atoms. The number of carbonyl (C=O) groups is 2. The second-order valence-electron chi connectivity index (χ2n) is 15.7. The third-order valence-electron chi connectivity index (χ3n) is 11.4. The lowest BCUT2D eigenvalue weighted by Gasteiger charge is -2.09. The zero-order valence-electron chi connectivity index (χ0n) is 34.4. The van der Waals surface area contributed by atoms with Crippen LogP contribution in [0.4, 0.5) is 11.4 Å². The molecule has 0 bridgehead atoms. The maximum atomic E-state index is 14.2. The van der Waals surface area contributed by atoms with Gasteiger partial charge in [-0.25, -0.2) is 9.97 Å². The number of fused-ring (bicyclic) bond motifs is 2. The first kappa shape index (κ1) is 41.1. The Hall–Kier alpha value is -6.94. The summed E-state index contributed by atoms with van der Waals surface area (Å²) in [4.78, 5) is 40.5. The van der Waals surface area contributed by atoms with E-state index in [0.29, 0.717) is 52.0 Å². The molecule has 0 amide bonds. The number of anilines is 2. The third kappa shape index (κ3) is 7.65. The first-order chi connectivity index (χ1) is 31.0. The monoisotopic (exact) mass is 906 g/mol. The molecule has 4 N–H and O–H groups in total. The number of benzene rings is 6. The van der Waals surface area contributed by atoms with Crippen molar-refractivity contribution in [2.45, 2.75) is 13.8 Å². The van der Waals surface area contributed by atoms with Gasteiger partial charge in [0.2, 0.25) is 11.6 Å². The van der Waals surface area contributed by atoms with Crippen molar-refractivity contribution in [1.82, 2.24) is 9.97 Å². The molecule has 0 radical (unpaired) electrons. The van der Waals surface area contributed by atoms with E-state index in [1.54, 1.807) is 0 Å².